The second-order valence-corrected chi connectivity index (χ2v) is 6.97. The van der Waals surface area contributed by atoms with E-state index in [1.165, 1.54) is 11.3 Å². The maximum atomic E-state index is 12.1. The Balaban J connectivity index is 1.55. The summed E-state index contributed by atoms with van der Waals surface area (Å²) < 4.78 is 5.01. The summed E-state index contributed by atoms with van der Waals surface area (Å²) in [6, 6.07) is 11.6. The first-order valence-corrected chi connectivity index (χ1v) is 8.80. The van der Waals surface area contributed by atoms with E-state index in [1.54, 1.807) is 12.3 Å². The number of hydrogen-bond acceptors (Lipinski definition) is 6. The summed E-state index contributed by atoms with van der Waals surface area (Å²) >= 11 is 1.34. The van der Waals surface area contributed by atoms with Crippen molar-refractivity contribution in [2.24, 2.45) is 5.92 Å². The van der Waals surface area contributed by atoms with Crippen LogP contribution in [0.1, 0.15) is 30.3 Å². The van der Waals surface area contributed by atoms with E-state index in [2.05, 4.69) is 16.4 Å². The van der Waals surface area contributed by atoms with Gasteiger partial charge in [0.05, 0.1) is 6.07 Å². The summed E-state index contributed by atoms with van der Waals surface area (Å²) in [7, 11) is 0. The number of benzene rings is 1. The van der Waals surface area contributed by atoms with Gasteiger partial charge in [-0.15, -0.1) is 11.3 Å². The van der Waals surface area contributed by atoms with Gasteiger partial charge < -0.3 is 10.1 Å². The predicted octanol–water partition coefficient (Wildman–Crippen LogP) is 2.78. The smallest absolute Gasteiger partial charge is 0.358 e. The molecule has 1 aliphatic rings. The molecular weight excluding hydrogens is 338 g/mol. The Morgan fingerprint density at radius 2 is 2.12 bits per heavy atom. The summed E-state index contributed by atoms with van der Waals surface area (Å²) in [6.45, 7) is 1.26. The van der Waals surface area contributed by atoms with E-state index in [1.807, 2.05) is 30.3 Å². The summed E-state index contributed by atoms with van der Waals surface area (Å²) in [5, 5.41) is 14.2. The molecule has 25 heavy (non-hydrogen) atoms. The average molecular weight is 355 g/mol. The number of ether oxygens (including phenoxy) is 1. The van der Waals surface area contributed by atoms with Gasteiger partial charge >= 0.3 is 5.97 Å². The number of aromatic nitrogens is 1. The number of amides is 1. The molecule has 1 saturated carbocycles. The Morgan fingerprint density at radius 1 is 1.40 bits per heavy atom. The first kappa shape index (κ1) is 17.1. The standard InChI is InChI=1S/C18H17N3O3S/c1-18(11-19,13-7-8-13)21-15(22)9-24-17(23)14-10-25-16(20-14)12-5-3-2-4-6-12/h2-6,10,13H,7-9H2,1H3,(H,21,22)/t18-/m1/s1. The number of carbonyl (C=O) groups is 2. The molecule has 7 heteroatoms. The van der Waals surface area contributed by atoms with E-state index in [0.717, 1.165) is 18.4 Å². The van der Waals surface area contributed by atoms with Crippen molar-refractivity contribution in [3.05, 3.63) is 41.4 Å². The Bertz CT molecular complexity index is 824. The third-order valence-corrected chi connectivity index (χ3v) is 4.98. The number of hydrogen-bond donors (Lipinski definition) is 1. The number of nitrogens with zero attached hydrogens (tertiary/aromatic N) is 2. The van der Waals surface area contributed by atoms with Crippen LogP contribution in [0.4, 0.5) is 0 Å². The third kappa shape index (κ3) is 4.03. The molecule has 128 valence electrons. The molecular formula is C18H17N3O3S. The highest BCUT2D eigenvalue weighted by Crippen LogP contribution is 2.39. The second-order valence-electron chi connectivity index (χ2n) is 6.12. The summed E-state index contributed by atoms with van der Waals surface area (Å²) in [6.07, 6.45) is 1.84. The fourth-order valence-corrected chi connectivity index (χ4v) is 3.29. The van der Waals surface area contributed by atoms with Crippen molar-refractivity contribution in [2.75, 3.05) is 6.61 Å². The van der Waals surface area contributed by atoms with Crippen molar-refractivity contribution in [3.8, 4) is 16.6 Å². The van der Waals surface area contributed by atoms with Gasteiger partial charge in [0.15, 0.2) is 12.3 Å². The first-order valence-electron chi connectivity index (χ1n) is 7.92. The van der Waals surface area contributed by atoms with Crippen molar-refractivity contribution < 1.29 is 14.3 Å². The Labute approximate surface area is 149 Å². The Kier molecular flexibility index (Phi) is 4.81. The number of nitrogens with one attached hydrogen (secondary N) is 1. The molecule has 0 unspecified atom stereocenters. The van der Waals surface area contributed by atoms with E-state index < -0.39 is 24.0 Å². The van der Waals surface area contributed by atoms with Crippen LogP contribution in [0.5, 0.6) is 0 Å². The zero-order valence-electron chi connectivity index (χ0n) is 13.7. The lowest BCUT2D eigenvalue weighted by Crippen LogP contribution is -2.48. The fourth-order valence-electron chi connectivity index (χ4n) is 2.49. The third-order valence-electron chi connectivity index (χ3n) is 4.09. The van der Waals surface area contributed by atoms with Crippen molar-refractivity contribution in [3.63, 3.8) is 0 Å². The predicted molar refractivity (Wildman–Crippen MR) is 92.7 cm³/mol. The van der Waals surface area contributed by atoms with Gasteiger partial charge in [0.2, 0.25) is 0 Å². The molecule has 1 fully saturated rings. The zero-order chi connectivity index (χ0) is 17.9. The normalized spacial score (nSPS) is 15.7. The molecule has 0 bridgehead atoms. The average Bonchev–Trinajstić information content (AvgIpc) is 3.38. The summed E-state index contributed by atoms with van der Waals surface area (Å²) in [4.78, 5) is 28.3. The van der Waals surface area contributed by atoms with Crippen molar-refractivity contribution in [1.29, 1.82) is 5.26 Å². The highest BCUT2D eigenvalue weighted by atomic mass is 32.1. The molecule has 0 aliphatic heterocycles. The quantitative estimate of drug-likeness (QED) is 0.805. The number of nitriles is 1. The molecule has 6 nitrogen and oxygen atoms in total. The van der Waals surface area contributed by atoms with Crippen molar-refractivity contribution >= 4 is 23.2 Å². The van der Waals surface area contributed by atoms with Gasteiger partial charge in [0, 0.05) is 10.9 Å². The summed E-state index contributed by atoms with van der Waals surface area (Å²) in [5.74, 6) is -0.967. The molecule has 0 spiro atoms. The van der Waals surface area contributed by atoms with Crippen LogP contribution in [-0.2, 0) is 9.53 Å². The maximum Gasteiger partial charge on any atom is 0.358 e. The minimum atomic E-state index is -0.898. The van der Waals surface area contributed by atoms with E-state index in [0.29, 0.717) is 5.01 Å². The molecule has 3 rings (SSSR count). The molecule has 1 heterocycles. The zero-order valence-corrected chi connectivity index (χ0v) is 14.5. The molecule has 1 aromatic carbocycles. The largest absolute Gasteiger partial charge is 0.451 e. The van der Waals surface area contributed by atoms with Gasteiger partial charge in [0.25, 0.3) is 5.91 Å². The monoisotopic (exact) mass is 355 g/mol. The second kappa shape index (κ2) is 7.03. The molecule has 0 saturated heterocycles. The van der Waals surface area contributed by atoms with E-state index >= 15 is 0 Å². The van der Waals surface area contributed by atoms with E-state index in [-0.39, 0.29) is 11.6 Å². The summed E-state index contributed by atoms with van der Waals surface area (Å²) in [5.41, 5.74) is 0.185. The number of rotatable bonds is 6. The number of esters is 1. The van der Waals surface area contributed by atoms with Crippen LogP contribution >= 0.6 is 11.3 Å². The maximum absolute atomic E-state index is 12.1. The lowest BCUT2D eigenvalue weighted by molar-refractivity contribution is -0.125. The van der Waals surface area contributed by atoms with Crippen LogP contribution in [0.15, 0.2) is 35.7 Å². The van der Waals surface area contributed by atoms with Crippen LogP contribution in [0.3, 0.4) is 0 Å². The molecule has 1 aromatic heterocycles. The van der Waals surface area contributed by atoms with Crippen LogP contribution < -0.4 is 5.32 Å². The fraction of sp³-hybridized carbons (Fsp3) is 0.333. The van der Waals surface area contributed by atoms with Gasteiger partial charge in [0.1, 0.15) is 10.5 Å². The number of thiazole rings is 1. The van der Waals surface area contributed by atoms with E-state index in [4.69, 9.17) is 4.74 Å². The van der Waals surface area contributed by atoms with Gasteiger partial charge in [-0.2, -0.15) is 5.26 Å². The van der Waals surface area contributed by atoms with Gasteiger partial charge in [-0.1, -0.05) is 30.3 Å². The van der Waals surface area contributed by atoms with Crippen molar-refractivity contribution in [1.82, 2.24) is 10.3 Å². The minimum absolute atomic E-state index is 0.168. The van der Waals surface area contributed by atoms with E-state index in [9.17, 15) is 14.9 Å². The molecule has 1 N–H and O–H groups in total. The molecule has 1 atom stereocenters. The van der Waals surface area contributed by atoms with Crippen LogP contribution in [0.25, 0.3) is 10.6 Å². The highest BCUT2D eigenvalue weighted by Gasteiger charge is 2.43. The number of carbonyl (C=O) groups excluding carboxylic acids is 2. The molecule has 0 radical (unpaired) electrons. The SMILES string of the molecule is C[C@](C#N)(NC(=O)COC(=O)c1csc(-c2ccccc2)n1)C1CC1. The Hall–Kier alpha value is -2.72. The van der Waals surface area contributed by atoms with Crippen LogP contribution in [-0.4, -0.2) is 29.0 Å². The highest BCUT2D eigenvalue weighted by molar-refractivity contribution is 7.13. The van der Waals surface area contributed by atoms with Gasteiger partial charge in [-0.25, -0.2) is 9.78 Å². The molecule has 1 amide bonds. The lowest BCUT2D eigenvalue weighted by Gasteiger charge is -2.22. The first-order chi connectivity index (χ1) is 12.0. The van der Waals surface area contributed by atoms with Crippen LogP contribution in [0.2, 0.25) is 0 Å². The van der Waals surface area contributed by atoms with Crippen LogP contribution in [0, 0.1) is 17.2 Å². The minimum Gasteiger partial charge on any atom is -0.451 e. The topological polar surface area (TPSA) is 92.1 Å². The lowest BCUT2D eigenvalue weighted by atomic mass is 9.98. The Morgan fingerprint density at radius 3 is 2.76 bits per heavy atom. The van der Waals surface area contributed by atoms with Crippen molar-refractivity contribution in [2.45, 2.75) is 25.3 Å². The molecule has 1 aliphatic carbocycles. The van der Waals surface area contributed by atoms with Gasteiger partial charge in [-0.3, -0.25) is 4.79 Å². The molecule has 2 aromatic rings. The van der Waals surface area contributed by atoms with Gasteiger partial charge in [-0.05, 0) is 25.7 Å².